The maximum absolute atomic E-state index is 12.2. The number of alkyl halides is 2. The number of ether oxygens (including phenoxy) is 1. The summed E-state index contributed by atoms with van der Waals surface area (Å²) in [5.74, 6) is 1.19. The van der Waals surface area contributed by atoms with Gasteiger partial charge in [-0.05, 0) is 30.7 Å². The molecule has 1 heterocycles. The van der Waals surface area contributed by atoms with E-state index in [4.69, 9.17) is 0 Å². The fourth-order valence-corrected chi connectivity index (χ4v) is 3.10. The maximum atomic E-state index is 12.2. The van der Waals surface area contributed by atoms with Crippen LogP contribution in [0, 0.1) is 0 Å². The first kappa shape index (κ1) is 13.6. The number of thioether (sulfide) groups is 1. The van der Waals surface area contributed by atoms with E-state index in [2.05, 4.69) is 17.0 Å². The minimum Gasteiger partial charge on any atom is -0.435 e. The zero-order chi connectivity index (χ0) is 13.0. The fraction of sp³-hybridized carbons (Fsp3) is 0.538. The molecule has 2 nitrogen and oxygen atoms in total. The van der Waals surface area contributed by atoms with E-state index < -0.39 is 6.61 Å². The van der Waals surface area contributed by atoms with Crippen molar-refractivity contribution in [2.24, 2.45) is 0 Å². The van der Waals surface area contributed by atoms with Crippen LogP contribution in [-0.2, 0) is 0 Å². The van der Waals surface area contributed by atoms with Crippen molar-refractivity contribution in [3.8, 4) is 5.75 Å². The molecule has 0 bridgehead atoms. The minimum atomic E-state index is -2.77. The first-order chi connectivity index (χ1) is 8.65. The molecule has 1 N–H and O–H groups in total. The molecule has 2 rings (SSSR count). The van der Waals surface area contributed by atoms with Crippen molar-refractivity contribution in [2.75, 3.05) is 12.3 Å². The van der Waals surface area contributed by atoms with E-state index in [1.165, 1.54) is 0 Å². The fourth-order valence-electron chi connectivity index (χ4n) is 1.99. The summed E-state index contributed by atoms with van der Waals surface area (Å²) in [5.41, 5.74) is 1.01. The van der Waals surface area contributed by atoms with Gasteiger partial charge in [0.2, 0.25) is 0 Å². The van der Waals surface area contributed by atoms with Crippen molar-refractivity contribution in [1.82, 2.24) is 5.32 Å². The minimum absolute atomic E-state index is 0.209. The van der Waals surface area contributed by atoms with Gasteiger partial charge in [0.25, 0.3) is 0 Å². The van der Waals surface area contributed by atoms with Gasteiger partial charge in [-0.15, -0.1) is 0 Å². The lowest BCUT2D eigenvalue weighted by atomic mass is 10.1. The van der Waals surface area contributed by atoms with Crippen molar-refractivity contribution < 1.29 is 13.5 Å². The molecule has 0 amide bonds. The molecule has 18 heavy (non-hydrogen) atoms. The maximum Gasteiger partial charge on any atom is 0.387 e. The Morgan fingerprint density at radius 1 is 1.44 bits per heavy atom. The second-order valence-electron chi connectivity index (χ2n) is 4.39. The molecular weight excluding hydrogens is 256 g/mol. The average Bonchev–Trinajstić information content (AvgIpc) is 2.53. The van der Waals surface area contributed by atoms with Gasteiger partial charge in [-0.2, -0.15) is 20.5 Å². The van der Waals surface area contributed by atoms with E-state index in [-0.39, 0.29) is 11.8 Å². The molecule has 1 aliphatic rings. The van der Waals surface area contributed by atoms with Crippen molar-refractivity contribution >= 4 is 11.8 Å². The normalized spacial score (nSPS) is 24.9. The molecule has 0 saturated carbocycles. The van der Waals surface area contributed by atoms with Crippen LogP contribution in [0.25, 0.3) is 0 Å². The molecule has 1 aliphatic heterocycles. The third-order valence-electron chi connectivity index (χ3n) is 2.97. The van der Waals surface area contributed by atoms with E-state index >= 15 is 0 Å². The quantitative estimate of drug-likeness (QED) is 0.911. The lowest BCUT2D eigenvalue weighted by Crippen LogP contribution is -2.22. The van der Waals surface area contributed by atoms with Crippen molar-refractivity contribution in [3.63, 3.8) is 0 Å². The highest BCUT2D eigenvalue weighted by Crippen LogP contribution is 2.28. The third kappa shape index (κ3) is 3.85. The highest BCUT2D eigenvalue weighted by atomic mass is 32.2. The van der Waals surface area contributed by atoms with Gasteiger partial charge in [-0.3, -0.25) is 0 Å². The molecular formula is C13H17F2NOS. The molecule has 2 unspecified atom stereocenters. The number of hydrogen-bond acceptors (Lipinski definition) is 3. The Balaban J connectivity index is 2.07. The van der Waals surface area contributed by atoms with Crippen molar-refractivity contribution in [2.45, 2.75) is 31.2 Å². The molecule has 1 aromatic rings. The zero-order valence-electron chi connectivity index (χ0n) is 10.2. The van der Waals surface area contributed by atoms with Crippen LogP contribution in [0.15, 0.2) is 24.3 Å². The molecule has 1 aromatic carbocycles. The van der Waals surface area contributed by atoms with Gasteiger partial charge in [-0.25, -0.2) is 0 Å². The predicted octanol–water partition coefficient (Wildman–Crippen LogP) is 3.44. The van der Waals surface area contributed by atoms with Crippen LogP contribution in [0.4, 0.5) is 8.78 Å². The molecule has 0 aromatic heterocycles. The van der Waals surface area contributed by atoms with Crippen LogP contribution >= 0.6 is 11.8 Å². The van der Waals surface area contributed by atoms with Crippen LogP contribution in [0.1, 0.15) is 24.9 Å². The highest BCUT2D eigenvalue weighted by molar-refractivity contribution is 7.99. The summed E-state index contributed by atoms with van der Waals surface area (Å²) in [5, 5.41) is 4.09. The van der Waals surface area contributed by atoms with Gasteiger partial charge in [0.1, 0.15) is 5.75 Å². The van der Waals surface area contributed by atoms with Gasteiger partial charge in [0.15, 0.2) is 0 Å². The third-order valence-corrected chi connectivity index (χ3v) is 4.31. The second-order valence-corrected chi connectivity index (χ2v) is 5.86. The Morgan fingerprint density at radius 3 is 3.06 bits per heavy atom. The van der Waals surface area contributed by atoms with Gasteiger partial charge >= 0.3 is 6.61 Å². The summed E-state index contributed by atoms with van der Waals surface area (Å²) in [4.78, 5) is 0. The summed E-state index contributed by atoms with van der Waals surface area (Å²) in [6.07, 6.45) is 1.13. The number of halogens is 2. The van der Waals surface area contributed by atoms with Crippen LogP contribution in [0.2, 0.25) is 0 Å². The van der Waals surface area contributed by atoms with E-state index in [1.807, 2.05) is 17.8 Å². The van der Waals surface area contributed by atoms with Crippen LogP contribution < -0.4 is 10.1 Å². The predicted molar refractivity (Wildman–Crippen MR) is 70.4 cm³/mol. The monoisotopic (exact) mass is 273 g/mol. The Hall–Kier alpha value is -0.810. The molecule has 1 saturated heterocycles. The summed E-state index contributed by atoms with van der Waals surface area (Å²) >= 11 is 1.91. The summed E-state index contributed by atoms with van der Waals surface area (Å²) in [6.45, 7) is 0.404. The molecule has 100 valence electrons. The first-order valence-electron chi connectivity index (χ1n) is 6.05. The largest absolute Gasteiger partial charge is 0.435 e. The number of nitrogens with one attached hydrogen (secondary N) is 1. The molecule has 0 spiro atoms. The molecule has 0 aliphatic carbocycles. The number of rotatable bonds is 3. The van der Waals surface area contributed by atoms with Gasteiger partial charge in [0, 0.05) is 17.0 Å². The lowest BCUT2D eigenvalue weighted by molar-refractivity contribution is -0.0499. The van der Waals surface area contributed by atoms with E-state index in [0.717, 1.165) is 24.3 Å². The van der Waals surface area contributed by atoms with E-state index in [9.17, 15) is 8.78 Å². The molecule has 5 heteroatoms. The molecule has 2 atom stereocenters. The Labute approximate surface area is 110 Å². The first-order valence-corrected chi connectivity index (χ1v) is 7.10. The van der Waals surface area contributed by atoms with Gasteiger partial charge in [-0.1, -0.05) is 19.1 Å². The van der Waals surface area contributed by atoms with Gasteiger partial charge < -0.3 is 10.1 Å². The average molecular weight is 273 g/mol. The summed E-state index contributed by atoms with van der Waals surface area (Å²) in [7, 11) is 0. The number of hydrogen-bond donors (Lipinski definition) is 1. The standard InChI is InChI=1S/C13H17F2NOS/c1-9-5-6-16-12(8-18-9)10-3-2-4-11(7-10)17-13(14)15/h2-4,7,9,12-13,16H,5-6,8H2,1H3. The zero-order valence-corrected chi connectivity index (χ0v) is 11.1. The van der Waals surface area contributed by atoms with Crippen molar-refractivity contribution in [3.05, 3.63) is 29.8 Å². The number of benzene rings is 1. The van der Waals surface area contributed by atoms with Crippen LogP contribution in [0.5, 0.6) is 5.75 Å². The topological polar surface area (TPSA) is 21.3 Å². The Morgan fingerprint density at radius 2 is 2.28 bits per heavy atom. The van der Waals surface area contributed by atoms with E-state index in [1.54, 1.807) is 18.2 Å². The molecule has 0 radical (unpaired) electrons. The lowest BCUT2D eigenvalue weighted by Gasteiger charge is -2.16. The van der Waals surface area contributed by atoms with Crippen molar-refractivity contribution in [1.29, 1.82) is 0 Å². The molecule has 1 fully saturated rings. The van der Waals surface area contributed by atoms with E-state index in [0.29, 0.717) is 5.25 Å². The van der Waals surface area contributed by atoms with Gasteiger partial charge in [0.05, 0.1) is 0 Å². The van der Waals surface area contributed by atoms with Crippen LogP contribution in [0.3, 0.4) is 0 Å². The Kier molecular flexibility index (Phi) is 4.83. The highest BCUT2D eigenvalue weighted by Gasteiger charge is 2.18. The summed E-state index contributed by atoms with van der Waals surface area (Å²) < 4.78 is 28.8. The second kappa shape index (κ2) is 6.38. The smallest absolute Gasteiger partial charge is 0.387 e. The Bertz CT molecular complexity index is 389. The van der Waals surface area contributed by atoms with Crippen LogP contribution in [-0.4, -0.2) is 24.2 Å². The summed E-state index contributed by atoms with van der Waals surface area (Å²) in [6, 6.07) is 7.17. The SMILES string of the molecule is CC1CCNC(c2cccc(OC(F)F)c2)CS1.